The molecular formula is C15H22N2O5S. The molecule has 0 radical (unpaired) electrons. The van der Waals surface area contributed by atoms with Gasteiger partial charge in [0.05, 0.1) is 19.1 Å². The number of carbonyl (C=O) groups excluding carboxylic acids is 1. The predicted molar refractivity (Wildman–Crippen MR) is 83.4 cm³/mol. The zero-order chi connectivity index (χ0) is 16.7. The van der Waals surface area contributed by atoms with Gasteiger partial charge in [-0.1, -0.05) is 0 Å². The minimum absolute atomic E-state index is 0.0739. The number of fused-ring (bicyclic) bond motifs is 1. The van der Waals surface area contributed by atoms with Crippen LogP contribution in [0.3, 0.4) is 0 Å². The molecular weight excluding hydrogens is 320 g/mol. The van der Waals surface area contributed by atoms with Gasteiger partial charge in [-0.15, -0.1) is 0 Å². The summed E-state index contributed by atoms with van der Waals surface area (Å²) in [5.41, 5.74) is -0.211. The molecule has 2 aliphatic heterocycles. The fraction of sp³-hybridized carbons (Fsp3) is 0.667. The third kappa shape index (κ3) is 3.02. The van der Waals surface area contributed by atoms with Crippen LogP contribution in [0.25, 0.3) is 0 Å². The van der Waals surface area contributed by atoms with E-state index in [1.165, 1.54) is 16.8 Å². The van der Waals surface area contributed by atoms with Gasteiger partial charge in [0, 0.05) is 38.7 Å². The lowest BCUT2D eigenvalue weighted by atomic mass is 9.73. The molecule has 3 rings (SSSR count). The van der Waals surface area contributed by atoms with Crippen LogP contribution in [0.15, 0.2) is 22.8 Å². The average Bonchev–Trinajstić information content (AvgIpc) is 3.13. The van der Waals surface area contributed by atoms with Crippen LogP contribution in [0.2, 0.25) is 0 Å². The molecule has 1 aromatic heterocycles. The zero-order valence-electron chi connectivity index (χ0n) is 13.4. The standard InChI is InChI=1S/C15H22N2O5S/c1-21-11-15-5-6-16(14(18)13-4-3-7-22-13)8-12(15)9-17(10-15)23(2,19)20/h3-4,7,12H,5-6,8-11H2,1-2H3. The van der Waals surface area contributed by atoms with E-state index in [0.29, 0.717) is 38.5 Å². The number of amides is 1. The fourth-order valence-electron chi connectivity index (χ4n) is 3.75. The van der Waals surface area contributed by atoms with Crippen molar-refractivity contribution in [2.24, 2.45) is 11.3 Å². The van der Waals surface area contributed by atoms with E-state index in [1.807, 2.05) is 0 Å². The van der Waals surface area contributed by atoms with Crippen molar-refractivity contribution >= 4 is 15.9 Å². The van der Waals surface area contributed by atoms with E-state index < -0.39 is 10.0 Å². The third-order valence-electron chi connectivity index (χ3n) is 5.02. The molecule has 0 spiro atoms. The first kappa shape index (κ1) is 16.5. The minimum atomic E-state index is -3.24. The Balaban J connectivity index is 1.79. The Morgan fingerprint density at radius 3 is 2.87 bits per heavy atom. The first-order chi connectivity index (χ1) is 10.9. The number of carbonyl (C=O) groups is 1. The highest BCUT2D eigenvalue weighted by molar-refractivity contribution is 7.88. The van der Waals surface area contributed by atoms with Crippen LogP contribution in [0, 0.1) is 11.3 Å². The number of hydrogen-bond acceptors (Lipinski definition) is 5. The van der Waals surface area contributed by atoms with Gasteiger partial charge in [0.25, 0.3) is 5.91 Å². The van der Waals surface area contributed by atoms with Gasteiger partial charge in [-0.05, 0) is 24.5 Å². The lowest BCUT2D eigenvalue weighted by molar-refractivity contribution is 0.00242. The van der Waals surface area contributed by atoms with E-state index in [-0.39, 0.29) is 17.2 Å². The molecule has 1 aromatic rings. The molecule has 23 heavy (non-hydrogen) atoms. The molecule has 8 heteroatoms. The number of furan rings is 1. The molecule has 0 aliphatic carbocycles. The predicted octanol–water partition coefficient (Wildman–Crippen LogP) is 0.650. The zero-order valence-corrected chi connectivity index (χ0v) is 14.2. The summed E-state index contributed by atoms with van der Waals surface area (Å²) in [6.07, 6.45) is 3.44. The third-order valence-corrected chi connectivity index (χ3v) is 6.24. The Morgan fingerprint density at radius 2 is 2.26 bits per heavy atom. The number of ether oxygens (including phenoxy) is 1. The highest BCUT2D eigenvalue weighted by Gasteiger charge is 2.52. The van der Waals surface area contributed by atoms with Crippen molar-refractivity contribution < 1.29 is 22.4 Å². The topological polar surface area (TPSA) is 80.1 Å². The van der Waals surface area contributed by atoms with Gasteiger partial charge in [-0.2, -0.15) is 0 Å². The molecule has 128 valence electrons. The Kier molecular flexibility index (Phi) is 4.24. The maximum atomic E-state index is 12.5. The second-order valence-corrected chi connectivity index (χ2v) is 8.51. The summed E-state index contributed by atoms with van der Waals surface area (Å²) in [6, 6.07) is 3.34. The normalized spacial score (nSPS) is 28.8. The number of nitrogens with zero attached hydrogens (tertiary/aromatic N) is 2. The lowest BCUT2D eigenvalue weighted by Crippen LogP contribution is -2.50. The van der Waals surface area contributed by atoms with Crippen LogP contribution >= 0.6 is 0 Å². The van der Waals surface area contributed by atoms with E-state index in [9.17, 15) is 13.2 Å². The molecule has 2 aliphatic rings. The van der Waals surface area contributed by atoms with Crippen molar-refractivity contribution in [1.29, 1.82) is 0 Å². The largest absolute Gasteiger partial charge is 0.459 e. The maximum Gasteiger partial charge on any atom is 0.289 e. The molecule has 2 atom stereocenters. The Labute approximate surface area is 136 Å². The van der Waals surface area contributed by atoms with Crippen molar-refractivity contribution in [1.82, 2.24) is 9.21 Å². The lowest BCUT2D eigenvalue weighted by Gasteiger charge is -2.42. The van der Waals surface area contributed by atoms with Gasteiger partial charge < -0.3 is 14.1 Å². The Morgan fingerprint density at radius 1 is 1.48 bits per heavy atom. The quantitative estimate of drug-likeness (QED) is 0.803. The summed E-state index contributed by atoms with van der Waals surface area (Å²) in [7, 11) is -1.61. The van der Waals surface area contributed by atoms with Crippen LogP contribution in [0.5, 0.6) is 0 Å². The van der Waals surface area contributed by atoms with Crippen molar-refractivity contribution in [2.45, 2.75) is 6.42 Å². The molecule has 0 aromatic carbocycles. The van der Waals surface area contributed by atoms with Gasteiger partial charge in [0.15, 0.2) is 5.76 Å². The molecule has 7 nitrogen and oxygen atoms in total. The molecule has 0 bridgehead atoms. The van der Waals surface area contributed by atoms with Crippen LogP contribution < -0.4 is 0 Å². The van der Waals surface area contributed by atoms with Gasteiger partial charge in [-0.25, -0.2) is 12.7 Å². The maximum absolute atomic E-state index is 12.5. The van der Waals surface area contributed by atoms with Crippen LogP contribution in [0.4, 0.5) is 0 Å². The van der Waals surface area contributed by atoms with E-state index in [1.54, 1.807) is 24.1 Å². The summed E-state index contributed by atoms with van der Waals surface area (Å²) in [4.78, 5) is 14.2. The van der Waals surface area contributed by atoms with Gasteiger partial charge in [-0.3, -0.25) is 4.79 Å². The van der Waals surface area contributed by atoms with E-state index in [0.717, 1.165) is 6.42 Å². The second-order valence-electron chi connectivity index (χ2n) is 6.53. The van der Waals surface area contributed by atoms with Crippen molar-refractivity contribution in [2.75, 3.05) is 46.2 Å². The summed E-state index contributed by atoms with van der Waals surface area (Å²) in [5, 5.41) is 0. The number of hydrogen-bond donors (Lipinski definition) is 0. The summed E-state index contributed by atoms with van der Waals surface area (Å²) in [6.45, 7) is 2.51. The van der Waals surface area contributed by atoms with Gasteiger partial charge in [0.2, 0.25) is 10.0 Å². The Hall–Kier alpha value is -1.38. The van der Waals surface area contributed by atoms with Crippen molar-refractivity contribution in [3.05, 3.63) is 24.2 Å². The number of piperidine rings is 1. The van der Waals surface area contributed by atoms with Gasteiger partial charge >= 0.3 is 0 Å². The van der Waals surface area contributed by atoms with E-state index in [4.69, 9.17) is 9.15 Å². The summed E-state index contributed by atoms with van der Waals surface area (Å²) < 4.78 is 35.9. The summed E-state index contributed by atoms with van der Waals surface area (Å²) in [5.74, 6) is 0.255. The number of sulfonamides is 1. The first-order valence-electron chi connectivity index (χ1n) is 7.62. The molecule has 2 fully saturated rings. The second kappa shape index (κ2) is 5.92. The molecule has 3 heterocycles. The number of rotatable bonds is 4. The average molecular weight is 342 g/mol. The van der Waals surface area contributed by atoms with Crippen LogP contribution in [-0.2, 0) is 14.8 Å². The monoisotopic (exact) mass is 342 g/mol. The van der Waals surface area contributed by atoms with Crippen molar-refractivity contribution in [3.8, 4) is 0 Å². The summed E-state index contributed by atoms with van der Waals surface area (Å²) >= 11 is 0. The van der Waals surface area contributed by atoms with Crippen LogP contribution in [0.1, 0.15) is 17.0 Å². The van der Waals surface area contributed by atoms with E-state index >= 15 is 0 Å². The van der Waals surface area contributed by atoms with Crippen molar-refractivity contribution in [3.63, 3.8) is 0 Å². The minimum Gasteiger partial charge on any atom is -0.459 e. The number of methoxy groups -OCH3 is 1. The first-order valence-corrected chi connectivity index (χ1v) is 9.47. The molecule has 2 unspecified atom stereocenters. The molecule has 0 N–H and O–H groups in total. The highest BCUT2D eigenvalue weighted by Crippen LogP contribution is 2.44. The smallest absolute Gasteiger partial charge is 0.289 e. The SMILES string of the molecule is COCC12CCN(C(=O)c3ccco3)CC1CN(S(C)(=O)=O)C2. The van der Waals surface area contributed by atoms with E-state index in [2.05, 4.69) is 0 Å². The Bertz CT molecular complexity index is 672. The highest BCUT2D eigenvalue weighted by atomic mass is 32.2. The number of likely N-dealkylation sites (tertiary alicyclic amines) is 1. The van der Waals surface area contributed by atoms with Crippen LogP contribution in [-0.4, -0.2) is 69.7 Å². The molecule has 0 saturated carbocycles. The molecule has 1 amide bonds. The fourth-order valence-corrected chi connectivity index (χ4v) is 4.69. The van der Waals surface area contributed by atoms with Gasteiger partial charge in [0.1, 0.15) is 0 Å². The molecule has 2 saturated heterocycles.